The molecule has 12 heavy (non-hydrogen) atoms. The van der Waals surface area contributed by atoms with E-state index >= 15 is 0 Å². The molecule has 0 fully saturated rings. The maximum absolute atomic E-state index is 9.42. The lowest BCUT2D eigenvalue weighted by atomic mass is 10.2. The van der Waals surface area contributed by atoms with E-state index in [1.54, 1.807) is 31.4 Å². The minimum absolute atomic E-state index is 0.0368. The van der Waals surface area contributed by atoms with Crippen molar-refractivity contribution >= 4 is 8.81 Å². The fourth-order valence-corrected chi connectivity index (χ4v) is 1.39. The van der Waals surface area contributed by atoms with Crippen molar-refractivity contribution in [2.24, 2.45) is 0 Å². The van der Waals surface area contributed by atoms with Crippen LogP contribution in [-0.4, -0.2) is 17.3 Å². The van der Waals surface area contributed by atoms with Crippen molar-refractivity contribution in [2.75, 3.05) is 7.11 Å². The van der Waals surface area contributed by atoms with E-state index in [2.05, 4.69) is 0 Å². The normalized spacial score (nSPS) is 13.8. The summed E-state index contributed by atoms with van der Waals surface area (Å²) in [5.41, 5.74) is 0.757. The number of benzene rings is 1. The summed E-state index contributed by atoms with van der Waals surface area (Å²) < 4.78 is 4.80. The second-order valence-electron chi connectivity index (χ2n) is 2.32. The molecule has 1 aromatic rings. The predicted octanol–water partition coefficient (Wildman–Crippen LogP) is 1.62. The largest absolute Gasteiger partial charge is 0.508 e. The molecular weight excluding hydrogens is 175 g/mol. The average Bonchev–Trinajstić information content (AvgIpc) is 2.06. The molecule has 0 amide bonds. The fraction of sp³-hybridized carbons (Fsp3) is 0.250. The molecular formula is C8H11O3P. The van der Waals surface area contributed by atoms with E-state index in [1.807, 2.05) is 0 Å². The van der Waals surface area contributed by atoms with Gasteiger partial charge < -0.3 is 14.7 Å². The van der Waals surface area contributed by atoms with E-state index in [9.17, 15) is 5.11 Å². The molecule has 0 spiro atoms. The van der Waals surface area contributed by atoms with Crippen LogP contribution in [0.5, 0.6) is 5.75 Å². The third-order valence-electron chi connectivity index (χ3n) is 1.44. The molecule has 66 valence electrons. The number of phenolic OH excluding ortho intramolecular Hbond substituents is 1. The number of aliphatic hydroxyl groups is 1. The molecule has 0 saturated heterocycles. The lowest BCUT2D eigenvalue weighted by Crippen LogP contribution is -1.89. The SMILES string of the molecule is COPC(O)c1ccc(O)cc1. The van der Waals surface area contributed by atoms with Crippen LogP contribution >= 0.6 is 8.81 Å². The Hall–Kier alpha value is -0.630. The van der Waals surface area contributed by atoms with Gasteiger partial charge >= 0.3 is 0 Å². The average molecular weight is 186 g/mol. The smallest absolute Gasteiger partial charge is 0.120 e. The highest BCUT2D eigenvalue weighted by Crippen LogP contribution is 2.32. The Morgan fingerprint density at radius 1 is 1.33 bits per heavy atom. The summed E-state index contributed by atoms with van der Waals surface area (Å²) in [4.78, 5) is 0. The third kappa shape index (κ3) is 2.45. The topological polar surface area (TPSA) is 49.7 Å². The number of hydrogen-bond acceptors (Lipinski definition) is 3. The van der Waals surface area contributed by atoms with Crippen LogP contribution in [0.1, 0.15) is 11.4 Å². The predicted molar refractivity (Wildman–Crippen MR) is 48.4 cm³/mol. The lowest BCUT2D eigenvalue weighted by Gasteiger charge is -2.08. The maximum Gasteiger partial charge on any atom is 0.120 e. The van der Waals surface area contributed by atoms with Crippen LogP contribution in [0.4, 0.5) is 0 Å². The van der Waals surface area contributed by atoms with Gasteiger partial charge in [-0.05, 0) is 17.7 Å². The molecule has 0 aromatic heterocycles. The standard InChI is InChI=1S/C8H11O3P/c1-11-12-8(10)6-2-4-7(9)5-3-6/h2-5,8-10,12H,1H3. The highest BCUT2D eigenvalue weighted by molar-refractivity contribution is 7.32. The van der Waals surface area contributed by atoms with Crippen LogP contribution in [0.3, 0.4) is 0 Å². The zero-order valence-electron chi connectivity index (χ0n) is 6.69. The Labute approximate surface area is 72.9 Å². The van der Waals surface area contributed by atoms with Crippen LogP contribution in [-0.2, 0) is 4.52 Å². The summed E-state index contributed by atoms with van der Waals surface area (Å²) in [6, 6.07) is 6.43. The van der Waals surface area contributed by atoms with Crippen molar-refractivity contribution in [3.8, 4) is 5.75 Å². The number of rotatable bonds is 3. The second-order valence-corrected chi connectivity index (χ2v) is 3.51. The molecule has 0 aliphatic heterocycles. The monoisotopic (exact) mass is 186 g/mol. The van der Waals surface area contributed by atoms with Crippen molar-refractivity contribution in [2.45, 2.75) is 5.85 Å². The van der Waals surface area contributed by atoms with Gasteiger partial charge in [-0.3, -0.25) is 0 Å². The van der Waals surface area contributed by atoms with Gasteiger partial charge in [0.2, 0.25) is 0 Å². The lowest BCUT2D eigenvalue weighted by molar-refractivity contribution is 0.251. The Morgan fingerprint density at radius 3 is 2.42 bits per heavy atom. The van der Waals surface area contributed by atoms with E-state index in [0.717, 1.165) is 5.56 Å². The van der Waals surface area contributed by atoms with Gasteiger partial charge in [-0.25, -0.2) is 0 Å². The first-order chi connectivity index (χ1) is 5.74. The molecule has 0 heterocycles. The molecule has 0 bridgehead atoms. The van der Waals surface area contributed by atoms with E-state index in [-0.39, 0.29) is 14.6 Å². The molecule has 0 saturated carbocycles. The molecule has 1 rings (SSSR count). The molecule has 3 nitrogen and oxygen atoms in total. The number of phenols is 1. The second kappa shape index (κ2) is 4.41. The Balaban J connectivity index is 2.68. The summed E-state index contributed by atoms with van der Waals surface area (Å²) in [7, 11) is 1.58. The first kappa shape index (κ1) is 9.46. The zero-order valence-corrected chi connectivity index (χ0v) is 7.69. The molecule has 0 aliphatic carbocycles. The fourth-order valence-electron chi connectivity index (χ4n) is 0.836. The molecule has 2 atom stereocenters. The van der Waals surface area contributed by atoms with Gasteiger partial charge in [0, 0.05) is 15.9 Å². The quantitative estimate of drug-likeness (QED) is 0.705. The molecule has 2 unspecified atom stereocenters. The van der Waals surface area contributed by atoms with E-state index in [4.69, 9.17) is 9.63 Å². The van der Waals surface area contributed by atoms with Gasteiger partial charge in [0.1, 0.15) is 11.6 Å². The molecule has 1 aromatic carbocycles. The Morgan fingerprint density at radius 2 is 1.92 bits per heavy atom. The number of hydrogen-bond donors (Lipinski definition) is 2. The molecule has 2 N–H and O–H groups in total. The third-order valence-corrected chi connectivity index (χ3v) is 2.23. The number of aliphatic hydroxyl groups excluding tert-OH is 1. The van der Waals surface area contributed by atoms with Gasteiger partial charge in [0.25, 0.3) is 0 Å². The summed E-state index contributed by atoms with van der Waals surface area (Å²) in [6.45, 7) is 0. The van der Waals surface area contributed by atoms with Crippen LogP contribution in [0.25, 0.3) is 0 Å². The van der Waals surface area contributed by atoms with Gasteiger partial charge in [0.15, 0.2) is 0 Å². The summed E-state index contributed by atoms with van der Waals surface area (Å²) in [5.74, 6) is -0.387. The first-order valence-electron chi connectivity index (χ1n) is 3.49. The minimum atomic E-state index is -0.587. The van der Waals surface area contributed by atoms with Crippen LogP contribution < -0.4 is 0 Å². The van der Waals surface area contributed by atoms with Crippen molar-refractivity contribution in [3.63, 3.8) is 0 Å². The first-order valence-corrected chi connectivity index (χ1v) is 4.48. The van der Waals surface area contributed by atoms with Crippen molar-refractivity contribution in [3.05, 3.63) is 29.8 Å². The Bertz CT molecular complexity index is 235. The van der Waals surface area contributed by atoms with E-state index in [1.165, 1.54) is 0 Å². The zero-order chi connectivity index (χ0) is 8.97. The highest BCUT2D eigenvalue weighted by Gasteiger charge is 2.05. The molecule has 4 heteroatoms. The van der Waals surface area contributed by atoms with Crippen molar-refractivity contribution in [1.82, 2.24) is 0 Å². The summed E-state index contributed by atoms with van der Waals surface area (Å²) >= 11 is 0. The van der Waals surface area contributed by atoms with Crippen LogP contribution in [0.15, 0.2) is 24.3 Å². The van der Waals surface area contributed by atoms with Gasteiger partial charge in [-0.1, -0.05) is 12.1 Å². The van der Waals surface area contributed by atoms with Gasteiger partial charge in [0.05, 0.1) is 0 Å². The van der Waals surface area contributed by atoms with E-state index < -0.39 is 5.85 Å². The van der Waals surface area contributed by atoms with Crippen molar-refractivity contribution < 1.29 is 14.7 Å². The summed E-state index contributed by atoms with van der Waals surface area (Å²) in [6.07, 6.45) is 0. The van der Waals surface area contributed by atoms with E-state index in [0.29, 0.717) is 0 Å². The molecule has 0 radical (unpaired) electrons. The molecule has 0 aliphatic rings. The van der Waals surface area contributed by atoms with Crippen molar-refractivity contribution in [1.29, 1.82) is 0 Å². The number of aromatic hydroxyl groups is 1. The minimum Gasteiger partial charge on any atom is -0.508 e. The van der Waals surface area contributed by atoms with Crippen LogP contribution in [0.2, 0.25) is 0 Å². The Kier molecular flexibility index (Phi) is 3.48. The summed E-state index contributed by atoms with van der Waals surface area (Å²) in [5, 5.41) is 18.4. The maximum atomic E-state index is 9.42. The van der Waals surface area contributed by atoms with Crippen LogP contribution in [0, 0.1) is 0 Å². The highest BCUT2D eigenvalue weighted by atomic mass is 31.1. The van der Waals surface area contributed by atoms with Gasteiger partial charge in [-0.15, -0.1) is 0 Å². The van der Waals surface area contributed by atoms with Gasteiger partial charge in [-0.2, -0.15) is 0 Å².